The molecule has 0 aromatic heterocycles. The Morgan fingerprint density at radius 2 is 1.92 bits per heavy atom. The third kappa shape index (κ3) is 3.28. The standard InChI is InChI=1S/C20H21N3O3/c24-19(16-7-4-8-17(13-16)23-10-9-21-20(23)25)22-11-12-26-18(14-22)15-5-2-1-3-6-15/h1-8,13,18H,9-12,14H2,(H,21,25)/t18-/m1/s1. The Morgan fingerprint density at radius 3 is 2.69 bits per heavy atom. The second-order valence-corrected chi connectivity index (χ2v) is 6.46. The van der Waals surface area contributed by atoms with Crippen LogP contribution in [0.25, 0.3) is 0 Å². The molecule has 6 nitrogen and oxygen atoms in total. The molecule has 1 N–H and O–H groups in total. The number of hydrogen-bond donors (Lipinski definition) is 1. The van der Waals surface area contributed by atoms with E-state index in [2.05, 4.69) is 5.32 Å². The second kappa shape index (κ2) is 7.17. The topological polar surface area (TPSA) is 61.9 Å². The summed E-state index contributed by atoms with van der Waals surface area (Å²) in [6.07, 6.45) is -0.110. The van der Waals surface area contributed by atoms with E-state index in [1.54, 1.807) is 17.0 Å². The van der Waals surface area contributed by atoms with E-state index in [4.69, 9.17) is 4.74 Å². The van der Waals surface area contributed by atoms with E-state index in [0.29, 0.717) is 38.3 Å². The summed E-state index contributed by atoms with van der Waals surface area (Å²) in [5, 5.41) is 2.78. The molecular weight excluding hydrogens is 330 g/mol. The van der Waals surface area contributed by atoms with Crippen molar-refractivity contribution in [3.8, 4) is 0 Å². The van der Waals surface area contributed by atoms with E-state index >= 15 is 0 Å². The molecule has 2 fully saturated rings. The number of benzene rings is 2. The van der Waals surface area contributed by atoms with Gasteiger partial charge in [-0.25, -0.2) is 4.79 Å². The molecule has 2 heterocycles. The molecule has 1 atom stereocenters. The lowest BCUT2D eigenvalue weighted by atomic mass is 10.1. The molecule has 0 aliphatic carbocycles. The first-order chi connectivity index (χ1) is 12.7. The molecule has 3 amide bonds. The van der Waals surface area contributed by atoms with Crippen LogP contribution in [0.3, 0.4) is 0 Å². The van der Waals surface area contributed by atoms with E-state index in [-0.39, 0.29) is 18.0 Å². The number of nitrogens with one attached hydrogen (secondary N) is 1. The number of nitrogens with zero attached hydrogens (tertiary/aromatic N) is 2. The summed E-state index contributed by atoms with van der Waals surface area (Å²) in [4.78, 5) is 28.3. The van der Waals surface area contributed by atoms with Gasteiger partial charge in [-0.2, -0.15) is 0 Å². The summed E-state index contributed by atoms with van der Waals surface area (Å²) in [5.41, 5.74) is 2.42. The van der Waals surface area contributed by atoms with E-state index in [1.165, 1.54) is 0 Å². The van der Waals surface area contributed by atoms with Crippen LogP contribution in [0.5, 0.6) is 0 Å². The van der Waals surface area contributed by atoms with Crippen molar-refractivity contribution in [1.82, 2.24) is 10.2 Å². The highest BCUT2D eigenvalue weighted by molar-refractivity contribution is 5.98. The van der Waals surface area contributed by atoms with Crippen LogP contribution in [0.4, 0.5) is 10.5 Å². The van der Waals surface area contributed by atoms with Gasteiger partial charge in [0.1, 0.15) is 6.10 Å². The first-order valence-electron chi connectivity index (χ1n) is 8.83. The maximum atomic E-state index is 13.0. The van der Waals surface area contributed by atoms with Crippen LogP contribution in [0, 0.1) is 0 Å². The Labute approximate surface area is 152 Å². The Balaban J connectivity index is 1.51. The van der Waals surface area contributed by atoms with Crippen LogP contribution < -0.4 is 10.2 Å². The van der Waals surface area contributed by atoms with Crippen LogP contribution in [-0.2, 0) is 4.74 Å². The maximum Gasteiger partial charge on any atom is 0.321 e. The molecule has 0 saturated carbocycles. The van der Waals surface area contributed by atoms with Crippen molar-refractivity contribution in [3.63, 3.8) is 0 Å². The van der Waals surface area contributed by atoms with Crippen molar-refractivity contribution in [2.24, 2.45) is 0 Å². The average molecular weight is 351 g/mol. The van der Waals surface area contributed by atoms with Gasteiger partial charge in [0.2, 0.25) is 0 Å². The minimum atomic E-state index is -0.120. The van der Waals surface area contributed by atoms with Gasteiger partial charge in [0, 0.05) is 30.9 Å². The van der Waals surface area contributed by atoms with Crippen LogP contribution in [0.1, 0.15) is 22.0 Å². The molecule has 2 aliphatic rings. The average Bonchev–Trinajstić information content (AvgIpc) is 3.14. The third-order valence-corrected chi connectivity index (χ3v) is 4.79. The first-order valence-corrected chi connectivity index (χ1v) is 8.83. The normalized spacial score (nSPS) is 20.2. The van der Waals surface area contributed by atoms with Crippen LogP contribution in [0.2, 0.25) is 0 Å². The zero-order valence-electron chi connectivity index (χ0n) is 14.4. The van der Waals surface area contributed by atoms with Gasteiger partial charge in [0.15, 0.2) is 0 Å². The molecule has 0 unspecified atom stereocenters. The molecule has 6 heteroatoms. The lowest BCUT2D eigenvalue weighted by Crippen LogP contribution is -2.42. The minimum absolute atomic E-state index is 0.0318. The molecular formula is C20H21N3O3. The van der Waals surface area contributed by atoms with Gasteiger partial charge in [-0.05, 0) is 23.8 Å². The van der Waals surface area contributed by atoms with Crippen molar-refractivity contribution in [2.75, 3.05) is 37.7 Å². The van der Waals surface area contributed by atoms with E-state index in [9.17, 15) is 9.59 Å². The highest BCUT2D eigenvalue weighted by atomic mass is 16.5. The zero-order chi connectivity index (χ0) is 17.9. The Hall–Kier alpha value is -2.86. The monoisotopic (exact) mass is 351 g/mol. The van der Waals surface area contributed by atoms with Crippen molar-refractivity contribution in [3.05, 3.63) is 65.7 Å². The molecule has 0 bridgehead atoms. The highest BCUT2D eigenvalue weighted by Gasteiger charge is 2.27. The lowest BCUT2D eigenvalue weighted by Gasteiger charge is -2.33. The Kier molecular flexibility index (Phi) is 4.58. The number of ether oxygens (including phenoxy) is 1. The van der Waals surface area contributed by atoms with E-state index in [1.807, 2.05) is 47.4 Å². The van der Waals surface area contributed by atoms with Crippen LogP contribution in [0.15, 0.2) is 54.6 Å². The quantitative estimate of drug-likeness (QED) is 0.924. The van der Waals surface area contributed by atoms with Gasteiger partial charge in [0.25, 0.3) is 5.91 Å². The fourth-order valence-electron chi connectivity index (χ4n) is 3.41. The molecule has 0 radical (unpaired) electrons. The van der Waals surface area contributed by atoms with Crippen molar-refractivity contribution < 1.29 is 14.3 Å². The highest BCUT2D eigenvalue weighted by Crippen LogP contribution is 2.24. The molecule has 134 valence electrons. The van der Waals surface area contributed by atoms with Crippen molar-refractivity contribution in [1.29, 1.82) is 0 Å². The third-order valence-electron chi connectivity index (χ3n) is 4.79. The summed E-state index contributed by atoms with van der Waals surface area (Å²) in [6, 6.07) is 17.1. The number of urea groups is 1. The number of amides is 3. The minimum Gasteiger partial charge on any atom is -0.370 e. The number of morpholine rings is 1. The summed E-state index contributed by atoms with van der Waals surface area (Å²) in [6.45, 7) is 2.84. The molecule has 0 spiro atoms. The Morgan fingerprint density at radius 1 is 1.08 bits per heavy atom. The Bertz CT molecular complexity index is 809. The van der Waals surface area contributed by atoms with Crippen molar-refractivity contribution in [2.45, 2.75) is 6.10 Å². The lowest BCUT2D eigenvalue weighted by molar-refractivity contribution is -0.0228. The predicted molar refractivity (Wildman–Crippen MR) is 98.2 cm³/mol. The summed E-state index contributed by atoms with van der Waals surface area (Å²) >= 11 is 0. The zero-order valence-corrected chi connectivity index (χ0v) is 14.4. The molecule has 26 heavy (non-hydrogen) atoms. The number of anilines is 1. The molecule has 2 aliphatic heterocycles. The summed E-state index contributed by atoms with van der Waals surface area (Å²) in [7, 11) is 0. The van der Waals surface area contributed by atoms with Crippen LogP contribution >= 0.6 is 0 Å². The number of hydrogen-bond acceptors (Lipinski definition) is 3. The molecule has 2 aromatic carbocycles. The van der Waals surface area contributed by atoms with E-state index < -0.39 is 0 Å². The van der Waals surface area contributed by atoms with Gasteiger partial charge in [-0.1, -0.05) is 36.4 Å². The van der Waals surface area contributed by atoms with Crippen LogP contribution in [-0.4, -0.2) is 49.6 Å². The van der Waals surface area contributed by atoms with Gasteiger partial charge < -0.3 is 15.0 Å². The summed E-state index contributed by atoms with van der Waals surface area (Å²) < 4.78 is 5.84. The second-order valence-electron chi connectivity index (χ2n) is 6.46. The SMILES string of the molecule is O=C(c1cccc(N2CCNC2=O)c1)N1CCO[C@@H](c2ccccc2)C1. The number of carbonyl (C=O) groups excluding carboxylic acids is 2. The predicted octanol–water partition coefficient (Wildman–Crippen LogP) is 2.43. The van der Waals surface area contributed by atoms with Gasteiger partial charge >= 0.3 is 6.03 Å². The van der Waals surface area contributed by atoms with Gasteiger partial charge in [-0.3, -0.25) is 9.69 Å². The number of rotatable bonds is 3. The van der Waals surface area contributed by atoms with Crippen molar-refractivity contribution >= 4 is 17.6 Å². The van der Waals surface area contributed by atoms with Gasteiger partial charge in [-0.15, -0.1) is 0 Å². The first kappa shape index (κ1) is 16.6. The summed E-state index contributed by atoms with van der Waals surface area (Å²) in [5.74, 6) is -0.0318. The molecule has 2 saturated heterocycles. The van der Waals surface area contributed by atoms with E-state index in [0.717, 1.165) is 11.3 Å². The fraction of sp³-hybridized carbons (Fsp3) is 0.300. The van der Waals surface area contributed by atoms with Gasteiger partial charge in [0.05, 0.1) is 13.2 Å². The maximum absolute atomic E-state index is 13.0. The molecule has 4 rings (SSSR count). The smallest absolute Gasteiger partial charge is 0.321 e. The molecule has 2 aromatic rings. The number of carbonyl (C=O) groups is 2. The fourth-order valence-corrected chi connectivity index (χ4v) is 3.41. The largest absolute Gasteiger partial charge is 0.370 e.